The van der Waals surface area contributed by atoms with Gasteiger partial charge in [-0.25, -0.2) is 0 Å². The first-order valence-electron chi connectivity index (χ1n) is 9.56. The van der Waals surface area contributed by atoms with E-state index in [-0.39, 0.29) is 18.3 Å². The zero-order valence-corrected chi connectivity index (χ0v) is 16.9. The van der Waals surface area contributed by atoms with Crippen LogP contribution in [0.1, 0.15) is 36.2 Å². The van der Waals surface area contributed by atoms with E-state index in [4.69, 9.17) is 14.2 Å². The molecule has 0 aliphatic carbocycles. The molecule has 0 fully saturated rings. The number of ether oxygens (including phenoxy) is 3. The van der Waals surface area contributed by atoms with E-state index in [2.05, 4.69) is 19.2 Å². The lowest BCUT2D eigenvalue weighted by Crippen LogP contribution is -2.25. The lowest BCUT2D eigenvalue weighted by molar-refractivity contribution is -0.118. The fourth-order valence-electron chi connectivity index (χ4n) is 2.82. The molecule has 0 bridgehead atoms. The van der Waals surface area contributed by atoms with Crippen molar-refractivity contribution < 1.29 is 23.8 Å². The summed E-state index contributed by atoms with van der Waals surface area (Å²) in [5.41, 5.74) is 1.79. The summed E-state index contributed by atoms with van der Waals surface area (Å²) in [4.78, 5) is 24.0. The molecule has 1 heterocycles. The maximum atomic E-state index is 12.5. The molecule has 1 aliphatic heterocycles. The number of methoxy groups -OCH3 is 1. The molecule has 2 aromatic carbocycles. The van der Waals surface area contributed by atoms with E-state index < -0.39 is 0 Å². The van der Waals surface area contributed by atoms with Gasteiger partial charge in [0.25, 0.3) is 5.91 Å². The smallest absolute Gasteiger partial charge is 0.262 e. The summed E-state index contributed by atoms with van der Waals surface area (Å²) in [5, 5.41) is 2.70. The Hall–Kier alpha value is -3.28. The molecular weight excluding hydrogens is 370 g/mol. The average Bonchev–Trinajstić information content (AvgIpc) is 2.71. The number of ketones is 1. The van der Waals surface area contributed by atoms with Gasteiger partial charge in [-0.1, -0.05) is 26.0 Å². The third kappa shape index (κ3) is 5.38. The lowest BCUT2D eigenvalue weighted by atomic mass is 10.1. The van der Waals surface area contributed by atoms with Crippen molar-refractivity contribution in [3.05, 3.63) is 53.6 Å². The maximum absolute atomic E-state index is 12.5. The summed E-state index contributed by atoms with van der Waals surface area (Å²) in [6, 6.07) is 10.5. The molecule has 6 nitrogen and oxygen atoms in total. The summed E-state index contributed by atoms with van der Waals surface area (Å²) in [5.74, 6) is 2.02. The van der Waals surface area contributed by atoms with Crippen molar-refractivity contribution in [2.75, 3.05) is 25.6 Å². The van der Waals surface area contributed by atoms with Crippen molar-refractivity contribution in [1.82, 2.24) is 0 Å². The van der Waals surface area contributed by atoms with E-state index in [0.29, 0.717) is 41.0 Å². The molecule has 0 saturated heterocycles. The summed E-state index contributed by atoms with van der Waals surface area (Å²) in [6.45, 7) is 4.91. The standard InChI is InChI=1S/C23H25NO5/c1-15(2)10-11-28-21-8-5-16(12-22(21)27-3)4-7-19(25)17-6-9-20-18(13-17)24-23(26)14-29-20/h4-9,12-13,15H,10-11,14H2,1-3H3,(H,24,26)/b7-4+. The van der Waals surface area contributed by atoms with Gasteiger partial charge in [0, 0.05) is 5.56 Å². The monoisotopic (exact) mass is 395 g/mol. The second-order valence-electron chi connectivity index (χ2n) is 7.19. The Morgan fingerprint density at radius 1 is 1.21 bits per heavy atom. The van der Waals surface area contributed by atoms with Gasteiger partial charge in [0.2, 0.25) is 0 Å². The quantitative estimate of drug-likeness (QED) is 0.531. The van der Waals surface area contributed by atoms with Crippen molar-refractivity contribution in [1.29, 1.82) is 0 Å². The number of benzene rings is 2. The summed E-state index contributed by atoms with van der Waals surface area (Å²) >= 11 is 0. The minimum atomic E-state index is -0.236. The normalized spacial score (nSPS) is 13.0. The van der Waals surface area contributed by atoms with Crippen LogP contribution in [-0.2, 0) is 4.79 Å². The number of amides is 1. The number of allylic oxidation sites excluding steroid dienone is 1. The Morgan fingerprint density at radius 2 is 2.03 bits per heavy atom. The molecule has 0 atom stereocenters. The predicted octanol–water partition coefficient (Wildman–Crippen LogP) is 4.35. The molecule has 6 heteroatoms. The summed E-state index contributed by atoms with van der Waals surface area (Å²) in [6.07, 6.45) is 4.17. The molecule has 152 valence electrons. The molecule has 1 aliphatic rings. The van der Waals surface area contributed by atoms with Crippen LogP contribution in [0.15, 0.2) is 42.5 Å². The number of anilines is 1. The van der Waals surface area contributed by atoms with Crippen molar-refractivity contribution in [2.24, 2.45) is 5.92 Å². The highest BCUT2D eigenvalue weighted by atomic mass is 16.5. The van der Waals surface area contributed by atoms with Gasteiger partial charge >= 0.3 is 0 Å². The van der Waals surface area contributed by atoms with Crippen LogP contribution in [0.25, 0.3) is 6.08 Å². The Kier molecular flexibility index (Phi) is 6.54. The van der Waals surface area contributed by atoms with Crippen molar-refractivity contribution in [3.8, 4) is 17.2 Å². The number of hydrogen-bond acceptors (Lipinski definition) is 5. The highest BCUT2D eigenvalue weighted by molar-refractivity contribution is 6.08. The third-order valence-corrected chi connectivity index (χ3v) is 4.46. The number of hydrogen-bond donors (Lipinski definition) is 1. The fraction of sp³-hybridized carbons (Fsp3) is 0.304. The van der Waals surface area contributed by atoms with Gasteiger partial charge in [-0.2, -0.15) is 0 Å². The second kappa shape index (κ2) is 9.28. The molecule has 1 amide bonds. The van der Waals surface area contributed by atoms with Gasteiger partial charge in [0.15, 0.2) is 23.9 Å². The minimum absolute atomic E-state index is 0.0147. The van der Waals surface area contributed by atoms with Crippen molar-refractivity contribution in [2.45, 2.75) is 20.3 Å². The fourth-order valence-corrected chi connectivity index (χ4v) is 2.82. The Balaban J connectivity index is 1.70. The summed E-state index contributed by atoms with van der Waals surface area (Å²) < 4.78 is 16.5. The van der Waals surface area contributed by atoms with Gasteiger partial charge in [-0.05, 0) is 54.3 Å². The number of nitrogens with one attached hydrogen (secondary N) is 1. The third-order valence-electron chi connectivity index (χ3n) is 4.46. The largest absolute Gasteiger partial charge is 0.493 e. The first kappa shape index (κ1) is 20.5. The first-order valence-corrected chi connectivity index (χ1v) is 9.56. The SMILES string of the molecule is COc1cc(/C=C/C(=O)c2ccc3c(c2)NC(=O)CO3)ccc1OCCC(C)C. The maximum Gasteiger partial charge on any atom is 0.262 e. The number of carbonyl (C=O) groups excluding carboxylic acids is 2. The number of rotatable bonds is 8. The predicted molar refractivity (Wildman–Crippen MR) is 112 cm³/mol. The average molecular weight is 395 g/mol. The molecule has 0 saturated carbocycles. The van der Waals surface area contributed by atoms with Gasteiger partial charge < -0.3 is 19.5 Å². The van der Waals surface area contributed by atoms with Gasteiger partial charge in [-0.3, -0.25) is 9.59 Å². The van der Waals surface area contributed by atoms with Crippen LogP contribution in [-0.4, -0.2) is 32.0 Å². The Morgan fingerprint density at radius 3 is 2.79 bits per heavy atom. The number of fused-ring (bicyclic) bond motifs is 1. The molecule has 0 radical (unpaired) electrons. The van der Waals surface area contributed by atoms with E-state index in [1.165, 1.54) is 6.08 Å². The van der Waals surface area contributed by atoms with Crippen LogP contribution in [0.2, 0.25) is 0 Å². The van der Waals surface area contributed by atoms with Crippen LogP contribution >= 0.6 is 0 Å². The van der Waals surface area contributed by atoms with Gasteiger partial charge in [-0.15, -0.1) is 0 Å². The molecule has 29 heavy (non-hydrogen) atoms. The van der Waals surface area contributed by atoms with E-state index >= 15 is 0 Å². The Labute approximate surface area is 170 Å². The van der Waals surface area contributed by atoms with Crippen LogP contribution in [0.5, 0.6) is 17.2 Å². The summed E-state index contributed by atoms with van der Waals surface area (Å²) in [7, 11) is 1.59. The lowest BCUT2D eigenvalue weighted by Gasteiger charge is -2.17. The van der Waals surface area contributed by atoms with E-state index in [1.54, 1.807) is 31.4 Å². The van der Waals surface area contributed by atoms with Crippen molar-refractivity contribution in [3.63, 3.8) is 0 Å². The minimum Gasteiger partial charge on any atom is -0.493 e. The highest BCUT2D eigenvalue weighted by Gasteiger charge is 2.17. The van der Waals surface area contributed by atoms with Gasteiger partial charge in [0.05, 0.1) is 19.4 Å². The van der Waals surface area contributed by atoms with Crippen LogP contribution in [0, 0.1) is 5.92 Å². The molecule has 2 aromatic rings. The van der Waals surface area contributed by atoms with E-state index in [0.717, 1.165) is 12.0 Å². The first-order chi connectivity index (χ1) is 14.0. The Bertz CT molecular complexity index is 933. The molecule has 3 rings (SSSR count). The zero-order chi connectivity index (χ0) is 20.8. The van der Waals surface area contributed by atoms with Crippen molar-refractivity contribution >= 4 is 23.5 Å². The van der Waals surface area contributed by atoms with E-state index in [9.17, 15) is 9.59 Å². The van der Waals surface area contributed by atoms with Crippen LogP contribution in [0.4, 0.5) is 5.69 Å². The zero-order valence-electron chi connectivity index (χ0n) is 16.9. The van der Waals surface area contributed by atoms with Crippen LogP contribution in [0.3, 0.4) is 0 Å². The molecule has 1 N–H and O–H groups in total. The van der Waals surface area contributed by atoms with Gasteiger partial charge in [0.1, 0.15) is 5.75 Å². The number of carbonyl (C=O) groups is 2. The molecule has 0 spiro atoms. The van der Waals surface area contributed by atoms with E-state index in [1.807, 2.05) is 18.2 Å². The molecular formula is C23H25NO5. The highest BCUT2D eigenvalue weighted by Crippen LogP contribution is 2.30. The topological polar surface area (TPSA) is 73.9 Å². The second-order valence-corrected chi connectivity index (χ2v) is 7.19. The molecule has 0 aromatic heterocycles. The molecule has 0 unspecified atom stereocenters. The van der Waals surface area contributed by atoms with Crippen LogP contribution < -0.4 is 19.5 Å².